The van der Waals surface area contributed by atoms with Gasteiger partial charge in [0.15, 0.2) is 0 Å². The van der Waals surface area contributed by atoms with Crippen molar-refractivity contribution < 1.29 is 17.6 Å². The number of para-hydroxylation sites is 1. The van der Waals surface area contributed by atoms with Crippen molar-refractivity contribution in [3.63, 3.8) is 0 Å². The number of sulfonamides is 1. The highest BCUT2D eigenvalue weighted by molar-refractivity contribution is 7.89. The summed E-state index contributed by atoms with van der Waals surface area (Å²) in [4.78, 5) is 14.4. The van der Waals surface area contributed by atoms with Gasteiger partial charge >= 0.3 is 0 Å². The predicted molar refractivity (Wildman–Crippen MR) is 116 cm³/mol. The van der Waals surface area contributed by atoms with E-state index in [4.69, 9.17) is 0 Å². The number of nitrogens with zero attached hydrogens (tertiary/aromatic N) is 2. The highest BCUT2D eigenvalue weighted by atomic mass is 32.2. The number of rotatable bonds is 6. The van der Waals surface area contributed by atoms with Gasteiger partial charge in [-0.25, -0.2) is 12.8 Å². The zero-order valence-electron chi connectivity index (χ0n) is 17.6. The molecule has 1 amide bonds. The molecule has 3 rings (SSSR count). The summed E-state index contributed by atoms with van der Waals surface area (Å²) in [5, 5.41) is 2.84. The first kappa shape index (κ1) is 22.2. The summed E-state index contributed by atoms with van der Waals surface area (Å²) in [6, 6.07) is 11.1. The lowest BCUT2D eigenvalue weighted by atomic mass is 10.1. The molecule has 1 fully saturated rings. The molecule has 162 valence electrons. The van der Waals surface area contributed by atoms with E-state index >= 15 is 0 Å². The third-order valence-electron chi connectivity index (χ3n) is 5.19. The third kappa shape index (κ3) is 4.82. The normalized spacial score (nSPS) is 15.4. The van der Waals surface area contributed by atoms with Crippen molar-refractivity contribution in [2.75, 3.05) is 37.6 Å². The van der Waals surface area contributed by atoms with Gasteiger partial charge in [0.25, 0.3) is 5.91 Å². The van der Waals surface area contributed by atoms with Crippen molar-refractivity contribution >= 4 is 21.6 Å². The third-order valence-corrected chi connectivity index (χ3v) is 7.09. The molecular weight excluding hydrogens is 405 g/mol. The Morgan fingerprint density at radius 1 is 1.10 bits per heavy atom. The van der Waals surface area contributed by atoms with Gasteiger partial charge in [0.05, 0.1) is 10.6 Å². The second-order valence-electron chi connectivity index (χ2n) is 7.92. The monoisotopic (exact) mass is 433 g/mol. The summed E-state index contributed by atoms with van der Waals surface area (Å²) in [6.45, 7) is 7.59. The minimum Gasteiger partial charge on any atom is -0.367 e. The fraction of sp³-hybridized carbons (Fsp3) is 0.409. The van der Waals surface area contributed by atoms with Crippen LogP contribution in [0, 0.1) is 18.7 Å². The van der Waals surface area contributed by atoms with E-state index in [2.05, 4.69) is 5.32 Å². The highest BCUT2D eigenvalue weighted by Crippen LogP contribution is 2.24. The molecule has 2 aromatic carbocycles. The van der Waals surface area contributed by atoms with Gasteiger partial charge in [-0.15, -0.1) is 0 Å². The fourth-order valence-electron chi connectivity index (χ4n) is 3.42. The number of carbonyl (C=O) groups excluding carboxylic acids is 1. The molecule has 1 heterocycles. The van der Waals surface area contributed by atoms with E-state index < -0.39 is 10.0 Å². The minimum atomic E-state index is -3.75. The van der Waals surface area contributed by atoms with Crippen LogP contribution in [0.2, 0.25) is 0 Å². The van der Waals surface area contributed by atoms with Crippen LogP contribution in [0.4, 0.5) is 10.1 Å². The van der Waals surface area contributed by atoms with Crippen LogP contribution in [0.5, 0.6) is 0 Å². The van der Waals surface area contributed by atoms with E-state index in [-0.39, 0.29) is 29.7 Å². The van der Waals surface area contributed by atoms with Crippen molar-refractivity contribution in [1.82, 2.24) is 9.62 Å². The van der Waals surface area contributed by atoms with Crippen LogP contribution in [-0.4, -0.2) is 51.4 Å². The van der Waals surface area contributed by atoms with Crippen molar-refractivity contribution in [3.05, 3.63) is 59.4 Å². The van der Waals surface area contributed by atoms with Crippen molar-refractivity contribution in [2.24, 2.45) is 5.92 Å². The number of nitrogens with one attached hydrogen (secondary N) is 1. The second kappa shape index (κ2) is 9.14. The summed E-state index contributed by atoms with van der Waals surface area (Å²) < 4.78 is 41.7. The Hall–Kier alpha value is -2.45. The van der Waals surface area contributed by atoms with E-state index in [1.54, 1.807) is 31.2 Å². The molecule has 1 N–H and O–H groups in total. The predicted octanol–water partition coefficient (Wildman–Crippen LogP) is 3.03. The Morgan fingerprint density at radius 2 is 1.77 bits per heavy atom. The number of aryl methyl sites for hydroxylation is 1. The van der Waals surface area contributed by atoms with Crippen LogP contribution in [-0.2, 0) is 10.0 Å². The summed E-state index contributed by atoms with van der Waals surface area (Å²) in [5.74, 6) is -0.293. The van der Waals surface area contributed by atoms with Gasteiger partial charge < -0.3 is 10.2 Å². The maximum Gasteiger partial charge on any atom is 0.251 e. The zero-order valence-corrected chi connectivity index (χ0v) is 18.4. The number of benzene rings is 2. The number of halogens is 1. The summed E-state index contributed by atoms with van der Waals surface area (Å²) in [7, 11) is -3.75. The lowest BCUT2D eigenvalue weighted by Gasteiger charge is -2.35. The van der Waals surface area contributed by atoms with Crippen LogP contribution < -0.4 is 10.2 Å². The molecule has 0 aliphatic carbocycles. The van der Waals surface area contributed by atoms with Crippen molar-refractivity contribution in [1.29, 1.82) is 0 Å². The number of carbonyl (C=O) groups is 1. The molecule has 1 aliphatic rings. The summed E-state index contributed by atoms with van der Waals surface area (Å²) in [5.41, 5.74) is 1.57. The molecule has 1 saturated heterocycles. The lowest BCUT2D eigenvalue weighted by Crippen LogP contribution is -2.49. The molecule has 0 radical (unpaired) electrons. The molecule has 1 aliphatic heterocycles. The smallest absolute Gasteiger partial charge is 0.251 e. The number of amides is 1. The van der Waals surface area contributed by atoms with Crippen molar-refractivity contribution in [2.45, 2.75) is 25.7 Å². The maximum atomic E-state index is 14.0. The van der Waals surface area contributed by atoms with Gasteiger partial charge in [0.1, 0.15) is 5.82 Å². The lowest BCUT2D eigenvalue weighted by molar-refractivity contribution is 0.0948. The molecule has 2 aromatic rings. The molecule has 0 spiro atoms. The molecular formula is C22H28FN3O3S. The van der Waals surface area contributed by atoms with Crippen LogP contribution in [0.1, 0.15) is 29.8 Å². The molecule has 0 unspecified atom stereocenters. The number of anilines is 1. The number of piperazine rings is 1. The number of hydrogen-bond donors (Lipinski definition) is 1. The molecule has 6 nitrogen and oxygen atoms in total. The Kier molecular flexibility index (Phi) is 6.77. The highest BCUT2D eigenvalue weighted by Gasteiger charge is 2.30. The van der Waals surface area contributed by atoms with E-state index in [1.165, 1.54) is 22.5 Å². The van der Waals surface area contributed by atoms with E-state index in [0.717, 1.165) is 5.56 Å². The first-order chi connectivity index (χ1) is 14.2. The van der Waals surface area contributed by atoms with Crippen molar-refractivity contribution in [3.8, 4) is 0 Å². The van der Waals surface area contributed by atoms with Gasteiger partial charge in [0.2, 0.25) is 10.0 Å². The Bertz CT molecular complexity index is 1020. The second-order valence-corrected chi connectivity index (χ2v) is 9.86. The molecule has 0 saturated carbocycles. The van der Waals surface area contributed by atoms with Crippen LogP contribution >= 0.6 is 0 Å². The van der Waals surface area contributed by atoms with Gasteiger partial charge in [-0.1, -0.05) is 32.0 Å². The molecule has 0 aromatic heterocycles. The SMILES string of the molecule is Cc1ccc(S(=O)(=O)N2CCN(c3ccccc3F)CC2)cc1C(=O)NCC(C)C. The Morgan fingerprint density at radius 3 is 2.40 bits per heavy atom. The summed E-state index contributed by atoms with van der Waals surface area (Å²) >= 11 is 0. The largest absolute Gasteiger partial charge is 0.367 e. The first-order valence-electron chi connectivity index (χ1n) is 10.1. The van der Waals surface area contributed by atoms with Gasteiger partial charge in [-0.3, -0.25) is 4.79 Å². The fourth-order valence-corrected chi connectivity index (χ4v) is 4.87. The first-order valence-corrected chi connectivity index (χ1v) is 11.5. The Labute approximate surface area is 177 Å². The van der Waals surface area contributed by atoms with Gasteiger partial charge in [-0.05, 0) is 42.7 Å². The summed E-state index contributed by atoms with van der Waals surface area (Å²) in [6.07, 6.45) is 0. The van der Waals surface area contributed by atoms with Gasteiger partial charge in [0, 0.05) is 38.3 Å². The molecule has 30 heavy (non-hydrogen) atoms. The van der Waals surface area contributed by atoms with Crippen LogP contribution in [0.25, 0.3) is 0 Å². The molecule has 0 atom stereocenters. The number of hydrogen-bond acceptors (Lipinski definition) is 4. The van der Waals surface area contributed by atoms with Crippen LogP contribution in [0.15, 0.2) is 47.4 Å². The molecule has 0 bridgehead atoms. The topological polar surface area (TPSA) is 69.7 Å². The maximum absolute atomic E-state index is 14.0. The Balaban J connectivity index is 1.75. The van der Waals surface area contributed by atoms with E-state index in [0.29, 0.717) is 36.8 Å². The molecule has 8 heteroatoms. The zero-order chi connectivity index (χ0) is 21.9. The van der Waals surface area contributed by atoms with Gasteiger partial charge in [-0.2, -0.15) is 4.31 Å². The standard InChI is InChI=1S/C22H28FN3O3S/c1-16(2)15-24-22(27)19-14-18(9-8-17(19)3)30(28,29)26-12-10-25(11-13-26)21-7-5-4-6-20(21)23/h4-9,14,16H,10-13,15H2,1-3H3,(H,24,27). The van der Waals surface area contributed by atoms with E-state index in [1.807, 2.05) is 18.7 Å². The average molecular weight is 434 g/mol. The average Bonchev–Trinajstić information content (AvgIpc) is 2.72. The minimum absolute atomic E-state index is 0.0992. The quantitative estimate of drug-likeness (QED) is 0.760. The van der Waals surface area contributed by atoms with E-state index in [9.17, 15) is 17.6 Å². The van der Waals surface area contributed by atoms with Crippen LogP contribution in [0.3, 0.4) is 0 Å².